The fourth-order valence-electron chi connectivity index (χ4n) is 2.03. The Hall–Kier alpha value is -1.17. The maximum atomic E-state index is 13.6. The van der Waals surface area contributed by atoms with Gasteiger partial charge in [-0.15, -0.1) is 0 Å². The number of ether oxygens (including phenoxy) is 2. The molecule has 1 N–H and O–H groups in total. The van der Waals surface area contributed by atoms with Crippen LogP contribution in [0.4, 0.5) is 4.39 Å². The summed E-state index contributed by atoms with van der Waals surface area (Å²) in [6.45, 7) is 0.961. The Labute approximate surface area is 115 Å². The predicted octanol–water partition coefficient (Wildman–Crippen LogP) is 2.01. The van der Waals surface area contributed by atoms with E-state index in [9.17, 15) is 9.18 Å². The van der Waals surface area contributed by atoms with Gasteiger partial charge in [0.15, 0.2) is 0 Å². The van der Waals surface area contributed by atoms with Crippen molar-refractivity contribution in [3.8, 4) is 0 Å². The molecule has 6 heteroatoms. The van der Waals surface area contributed by atoms with Crippen LogP contribution in [0.2, 0.25) is 5.02 Å². The molecule has 1 aromatic carbocycles. The zero-order chi connectivity index (χ0) is 13.8. The van der Waals surface area contributed by atoms with Crippen molar-refractivity contribution in [3.63, 3.8) is 0 Å². The molecule has 0 radical (unpaired) electrons. The average Bonchev–Trinajstić information content (AvgIpc) is 2.42. The van der Waals surface area contributed by atoms with Gasteiger partial charge in [0.25, 0.3) is 5.91 Å². The lowest BCUT2D eigenvalue weighted by atomic mass is 10.1. The fraction of sp³-hybridized carbons (Fsp3) is 0.462. The van der Waals surface area contributed by atoms with Crippen molar-refractivity contribution in [2.45, 2.75) is 18.6 Å². The largest absolute Gasteiger partial charge is 0.379 e. The van der Waals surface area contributed by atoms with Gasteiger partial charge in [-0.25, -0.2) is 4.39 Å². The second kappa shape index (κ2) is 6.32. The molecule has 1 aliphatic heterocycles. The molecule has 1 fully saturated rings. The van der Waals surface area contributed by atoms with Crippen molar-refractivity contribution < 1.29 is 18.7 Å². The van der Waals surface area contributed by atoms with E-state index < -0.39 is 11.7 Å². The molecule has 1 amide bonds. The van der Waals surface area contributed by atoms with Gasteiger partial charge in [0.1, 0.15) is 11.9 Å². The van der Waals surface area contributed by atoms with Crippen molar-refractivity contribution in [2.75, 3.05) is 20.3 Å². The highest BCUT2D eigenvalue weighted by Gasteiger charge is 2.28. The Balaban J connectivity index is 2.09. The summed E-state index contributed by atoms with van der Waals surface area (Å²) in [6, 6.07) is 3.70. The minimum Gasteiger partial charge on any atom is -0.379 e. The Bertz CT molecular complexity index is 469. The van der Waals surface area contributed by atoms with Crippen LogP contribution in [0.5, 0.6) is 0 Å². The lowest BCUT2D eigenvalue weighted by molar-refractivity contribution is -0.0479. The van der Waals surface area contributed by atoms with E-state index in [1.54, 1.807) is 7.11 Å². The molecule has 0 spiro atoms. The smallest absolute Gasteiger partial charge is 0.254 e. The summed E-state index contributed by atoms with van der Waals surface area (Å²) < 4.78 is 24.1. The van der Waals surface area contributed by atoms with Crippen LogP contribution in [0.25, 0.3) is 0 Å². The van der Waals surface area contributed by atoms with Crippen LogP contribution in [0.1, 0.15) is 16.8 Å². The first-order valence-corrected chi connectivity index (χ1v) is 6.36. The molecule has 0 saturated carbocycles. The van der Waals surface area contributed by atoms with E-state index in [4.69, 9.17) is 21.1 Å². The summed E-state index contributed by atoms with van der Waals surface area (Å²) in [5.41, 5.74) is -0.0613. The first-order chi connectivity index (χ1) is 9.11. The molecule has 1 heterocycles. The van der Waals surface area contributed by atoms with Gasteiger partial charge in [-0.3, -0.25) is 4.79 Å². The molecular formula is C13H15ClFNO3. The SMILES string of the molecule is CO[C@@H]1COCC[C@H]1NC(=O)c1cc(Cl)ccc1F. The minimum atomic E-state index is -0.595. The van der Waals surface area contributed by atoms with Crippen LogP contribution in [-0.4, -0.2) is 38.4 Å². The van der Waals surface area contributed by atoms with Gasteiger partial charge in [-0.2, -0.15) is 0 Å². The highest BCUT2D eigenvalue weighted by molar-refractivity contribution is 6.31. The third kappa shape index (κ3) is 3.43. The highest BCUT2D eigenvalue weighted by Crippen LogP contribution is 2.16. The number of hydrogen-bond donors (Lipinski definition) is 1. The molecule has 0 aromatic heterocycles. The molecule has 0 unspecified atom stereocenters. The molecule has 2 atom stereocenters. The van der Waals surface area contributed by atoms with E-state index in [0.29, 0.717) is 24.7 Å². The normalized spacial score (nSPS) is 23.1. The van der Waals surface area contributed by atoms with Gasteiger partial charge in [-0.1, -0.05) is 11.6 Å². The molecular weight excluding hydrogens is 273 g/mol. The summed E-state index contributed by atoms with van der Waals surface area (Å²) in [7, 11) is 1.55. The lowest BCUT2D eigenvalue weighted by Gasteiger charge is -2.31. The van der Waals surface area contributed by atoms with Crippen molar-refractivity contribution in [1.29, 1.82) is 0 Å². The number of carbonyl (C=O) groups is 1. The van der Waals surface area contributed by atoms with E-state index in [-0.39, 0.29) is 17.7 Å². The molecule has 4 nitrogen and oxygen atoms in total. The number of methoxy groups -OCH3 is 1. The zero-order valence-electron chi connectivity index (χ0n) is 10.5. The van der Waals surface area contributed by atoms with Crippen LogP contribution in [0.15, 0.2) is 18.2 Å². The van der Waals surface area contributed by atoms with E-state index in [1.807, 2.05) is 0 Å². The summed E-state index contributed by atoms with van der Waals surface area (Å²) in [4.78, 5) is 12.0. The van der Waals surface area contributed by atoms with Crippen molar-refractivity contribution >= 4 is 17.5 Å². The number of carbonyl (C=O) groups excluding carboxylic acids is 1. The van der Waals surface area contributed by atoms with Gasteiger partial charge < -0.3 is 14.8 Å². The van der Waals surface area contributed by atoms with Gasteiger partial charge in [0.2, 0.25) is 0 Å². The van der Waals surface area contributed by atoms with E-state index in [2.05, 4.69) is 5.32 Å². The number of benzene rings is 1. The molecule has 0 bridgehead atoms. The van der Waals surface area contributed by atoms with Gasteiger partial charge in [0.05, 0.1) is 18.2 Å². The van der Waals surface area contributed by atoms with E-state index >= 15 is 0 Å². The zero-order valence-corrected chi connectivity index (χ0v) is 11.2. The Morgan fingerprint density at radius 1 is 1.58 bits per heavy atom. The van der Waals surface area contributed by atoms with Gasteiger partial charge >= 0.3 is 0 Å². The molecule has 104 valence electrons. The molecule has 1 aromatic rings. The topological polar surface area (TPSA) is 47.6 Å². The summed E-state index contributed by atoms with van der Waals surface area (Å²) in [5.74, 6) is -1.09. The lowest BCUT2D eigenvalue weighted by Crippen LogP contribution is -2.49. The number of rotatable bonds is 3. The van der Waals surface area contributed by atoms with E-state index in [1.165, 1.54) is 18.2 Å². The number of halogens is 2. The van der Waals surface area contributed by atoms with Gasteiger partial charge in [0, 0.05) is 18.7 Å². The first kappa shape index (κ1) is 14.2. The summed E-state index contributed by atoms with van der Waals surface area (Å²) in [5, 5.41) is 3.08. The monoisotopic (exact) mass is 287 g/mol. The maximum absolute atomic E-state index is 13.6. The fourth-order valence-corrected chi connectivity index (χ4v) is 2.20. The third-order valence-corrected chi connectivity index (χ3v) is 3.33. The molecule has 0 aliphatic carbocycles. The van der Waals surface area contributed by atoms with Crippen molar-refractivity contribution in [1.82, 2.24) is 5.32 Å². The van der Waals surface area contributed by atoms with Crippen LogP contribution >= 0.6 is 11.6 Å². The second-order valence-corrected chi connectivity index (χ2v) is 4.78. The first-order valence-electron chi connectivity index (χ1n) is 5.98. The summed E-state index contributed by atoms with van der Waals surface area (Å²) >= 11 is 5.77. The third-order valence-electron chi connectivity index (χ3n) is 3.10. The molecule has 2 rings (SSSR count). The Kier molecular flexibility index (Phi) is 4.74. The maximum Gasteiger partial charge on any atom is 0.254 e. The minimum absolute atomic E-state index is 0.0613. The number of hydrogen-bond acceptors (Lipinski definition) is 3. The average molecular weight is 288 g/mol. The van der Waals surface area contributed by atoms with Crippen LogP contribution in [0.3, 0.4) is 0 Å². The van der Waals surface area contributed by atoms with Crippen LogP contribution < -0.4 is 5.32 Å². The van der Waals surface area contributed by atoms with Crippen LogP contribution in [0, 0.1) is 5.82 Å². The van der Waals surface area contributed by atoms with Crippen LogP contribution in [-0.2, 0) is 9.47 Å². The highest BCUT2D eigenvalue weighted by atomic mass is 35.5. The van der Waals surface area contributed by atoms with E-state index in [0.717, 1.165) is 0 Å². The number of nitrogens with one attached hydrogen (secondary N) is 1. The van der Waals surface area contributed by atoms with Gasteiger partial charge in [-0.05, 0) is 24.6 Å². The summed E-state index contributed by atoms with van der Waals surface area (Å²) in [6.07, 6.45) is 0.409. The standard InChI is InChI=1S/C13H15ClFNO3/c1-18-12-7-19-5-4-11(12)16-13(17)9-6-8(14)2-3-10(9)15/h2-3,6,11-12H,4-5,7H2,1H3,(H,16,17)/t11-,12-/m1/s1. The Morgan fingerprint density at radius 3 is 3.11 bits per heavy atom. The number of amides is 1. The predicted molar refractivity (Wildman–Crippen MR) is 68.9 cm³/mol. The molecule has 1 aliphatic rings. The van der Waals surface area contributed by atoms with Crippen molar-refractivity contribution in [2.24, 2.45) is 0 Å². The molecule has 1 saturated heterocycles. The van der Waals surface area contributed by atoms with Crippen molar-refractivity contribution in [3.05, 3.63) is 34.6 Å². The second-order valence-electron chi connectivity index (χ2n) is 4.34. The Morgan fingerprint density at radius 2 is 2.37 bits per heavy atom. The quantitative estimate of drug-likeness (QED) is 0.925. The molecule has 19 heavy (non-hydrogen) atoms.